The van der Waals surface area contributed by atoms with Gasteiger partial charge in [0, 0.05) is 56.4 Å². The van der Waals surface area contributed by atoms with Crippen molar-refractivity contribution in [2.45, 2.75) is 44.2 Å². The molecule has 4 heterocycles. The summed E-state index contributed by atoms with van der Waals surface area (Å²) < 4.78 is 0. The average molecular weight is 337 g/mol. The van der Waals surface area contributed by atoms with Crippen LogP contribution in [-0.4, -0.2) is 44.4 Å². The molecule has 0 saturated carbocycles. The molecule has 2 fully saturated rings. The molecule has 1 atom stereocenters. The molecular formula is C19H23N5O. The topological polar surface area (TPSA) is 62.2 Å². The Morgan fingerprint density at radius 3 is 2.72 bits per heavy atom. The summed E-state index contributed by atoms with van der Waals surface area (Å²) in [5, 5.41) is 0. The predicted octanol–water partition coefficient (Wildman–Crippen LogP) is 2.42. The van der Waals surface area contributed by atoms with Gasteiger partial charge in [-0.3, -0.25) is 9.78 Å². The van der Waals surface area contributed by atoms with Crippen LogP contribution >= 0.6 is 0 Å². The van der Waals surface area contributed by atoms with Crippen LogP contribution in [0.15, 0.2) is 43.0 Å². The van der Waals surface area contributed by atoms with E-state index < -0.39 is 0 Å². The van der Waals surface area contributed by atoms with E-state index >= 15 is 0 Å². The molecule has 0 aromatic carbocycles. The lowest BCUT2D eigenvalue weighted by Crippen LogP contribution is -2.46. The molecule has 0 bridgehead atoms. The lowest BCUT2D eigenvalue weighted by Gasteiger charge is -2.38. The highest BCUT2D eigenvalue weighted by molar-refractivity contribution is 5.79. The summed E-state index contributed by atoms with van der Waals surface area (Å²) in [7, 11) is 0. The van der Waals surface area contributed by atoms with Gasteiger partial charge in [-0.1, -0.05) is 6.07 Å². The first-order chi connectivity index (χ1) is 12.3. The second-order valence-corrected chi connectivity index (χ2v) is 6.95. The standard InChI is InChI=1S/C19H23N5O/c25-17-5-7-19(24(17)15-16-4-1-9-20-14-16)6-2-12-23(13-8-19)18-21-10-3-11-22-18/h1,3-4,9-11,14H,2,5-8,12-13,15H2. The largest absolute Gasteiger partial charge is 0.341 e. The first-order valence-electron chi connectivity index (χ1n) is 8.98. The van der Waals surface area contributed by atoms with Gasteiger partial charge in [0.2, 0.25) is 11.9 Å². The number of pyridine rings is 1. The number of likely N-dealkylation sites (tertiary alicyclic amines) is 1. The van der Waals surface area contributed by atoms with Gasteiger partial charge in [-0.05, 0) is 43.4 Å². The Balaban J connectivity index is 1.53. The Labute approximate surface area is 147 Å². The van der Waals surface area contributed by atoms with E-state index in [4.69, 9.17) is 0 Å². The molecule has 2 aromatic rings. The lowest BCUT2D eigenvalue weighted by atomic mass is 9.87. The van der Waals surface area contributed by atoms with Gasteiger partial charge in [0.25, 0.3) is 0 Å². The maximum atomic E-state index is 12.6. The van der Waals surface area contributed by atoms with Crippen LogP contribution in [0, 0.1) is 0 Å². The molecule has 2 aromatic heterocycles. The molecule has 0 aliphatic carbocycles. The Bertz CT molecular complexity index is 723. The van der Waals surface area contributed by atoms with Crippen molar-refractivity contribution in [3.63, 3.8) is 0 Å². The molecule has 6 nitrogen and oxygen atoms in total. The zero-order valence-electron chi connectivity index (χ0n) is 14.3. The van der Waals surface area contributed by atoms with E-state index in [9.17, 15) is 4.79 Å². The van der Waals surface area contributed by atoms with Crippen molar-refractivity contribution >= 4 is 11.9 Å². The van der Waals surface area contributed by atoms with Gasteiger partial charge in [0.1, 0.15) is 0 Å². The highest BCUT2D eigenvalue weighted by Gasteiger charge is 2.45. The maximum Gasteiger partial charge on any atom is 0.225 e. The number of anilines is 1. The molecule has 2 aliphatic heterocycles. The third-order valence-corrected chi connectivity index (χ3v) is 5.49. The fourth-order valence-electron chi connectivity index (χ4n) is 4.16. The monoisotopic (exact) mass is 337 g/mol. The first-order valence-corrected chi connectivity index (χ1v) is 8.98. The second kappa shape index (κ2) is 6.78. The van der Waals surface area contributed by atoms with Crippen molar-refractivity contribution in [2.75, 3.05) is 18.0 Å². The summed E-state index contributed by atoms with van der Waals surface area (Å²) in [6.45, 7) is 2.50. The Hall–Kier alpha value is -2.50. The fourth-order valence-corrected chi connectivity index (χ4v) is 4.16. The van der Waals surface area contributed by atoms with Crippen LogP contribution in [-0.2, 0) is 11.3 Å². The van der Waals surface area contributed by atoms with E-state index in [0.29, 0.717) is 13.0 Å². The summed E-state index contributed by atoms with van der Waals surface area (Å²) in [6, 6.07) is 5.82. The molecule has 1 spiro atoms. The first kappa shape index (κ1) is 16.0. The fraction of sp³-hybridized carbons (Fsp3) is 0.474. The molecule has 0 N–H and O–H groups in total. The van der Waals surface area contributed by atoms with Crippen molar-refractivity contribution in [2.24, 2.45) is 0 Å². The van der Waals surface area contributed by atoms with Crippen molar-refractivity contribution in [1.29, 1.82) is 0 Å². The zero-order valence-corrected chi connectivity index (χ0v) is 14.3. The zero-order chi connectivity index (χ0) is 17.1. The van der Waals surface area contributed by atoms with Gasteiger partial charge in [0.05, 0.1) is 0 Å². The van der Waals surface area contributed by atoms with Gasteiger partial charge < -0.3 is 9.80 Å². The molecule has 130 valence electrons. The minimum Gasteiger partial charge on any atom is -0.341 e. The Kier molecular flexibility index (Phi) is 4.34. The van der Waals surface area contributed by atoms with E-state index in [1.807, 2.05) is 24.4 Å². The van der Waals surface area contributed by atoms with Crippen molar-refractivity contribution in [3.8, 4) is 0 Å². The van der Waals surface area contributed by atoms with Crippen LogP contribution in [0.25, 0.3) is 0 Å². The van der Waals surface area contributed by atoms with Gasteiger partial charge in [-0.2, -0.15) is 0 Å². The van der Waals surface area contributed by atoms with E-state index in [-0.39, 0.29) is 11.4 Å². The van der Waals surface area contributed by atoms with Crippen molar-refractivity contribution in [1.82, 2.24) is 19.9 Å². The van der Waals surface area contributed by atoms with Gasteiger partial charge in [0.15, 0.2) is 0 Å². The SMILES string of the molecule is O=C1CCC2(CCCN(c3ncccn3)CC2)N1Cc1cccnc1. The number of nitrogens with zero attached hydrogens (tertiary/aromatic N) is 5. The summed E-state index contributed by atoms with van der Waals surface area (Å²) in [5.41, 5.74) is 1.07. The van der Waals surface area contributed by atoms with E-state index in [2.05, 4.69) is 24.8 Å². The Morgan fingerprint density at radius 1 is 1.04 bits per heavy atom. The molecule has 1 unspecified atom stereocenters. The number of aromatic nitrogens is 3. The minimum absolute atomic E-state index is 0.0313. The molecule has 25 heavy (non-hydrogen) atoms. The Morgan fingerprint density at radius 2 is 1.92 bits per heavy atom. The smallest absolute Gasteiger partial charge is 0.225 e. The highest BCUT2D eigenvalue weighted by Crippen LogP contribution is 2.40. The van der Waals surface area contributed by atoms with E-state index in [1.165, 1.54) is 0 Å². The predicted molar refractivity (Wildman–Crippen MR) is 94.8 cm³/mol. The number of carbonyl (C=O) groups is 1. The van der Waals surface area contributed by atoms with E-state index in [0.717, 1.165) is 50.3 Å². The van der Waals surface area contributed by atoms with Crippen LogP contribution in [0.3, 0.4) is 0 Å². The number of carbonyl (C=O) groups excluding carboxylic acids is 1. The molecule has 6 heteroatoms. The van der Waals surface area contributed by atoms with E-state index in [1.54, 1.807) is 18.6 Å². The summed E-state index contributed by atoms with van der Waals surface area (Å²) in [5.74, 6) is 1.07. The van der Waals surface area contributed by atoms with Crippen LogP contribution in [0.1, 0.15) is 37.7 Å². The molecule has 0 radical (unpaired) electrons. The number of amides is 1. The van der Waals surface area contributed by atoms with Crippen molar-refractivity contribution in [3.05, 3.63) is 48.5 Å². The van der Waals surface area contributed by atoms with Gasteiger partial charge in [-0.25, -0.2) is 9.97 Å². The summed E-state index contributed by atoms with van der Waals surface area (Å²) >= 11 is 0. The third-order valence-electron chi connectivity index (χ3n) is 5.49. The molecule has 2 aliphatic rings. The summed E-state index contributed by atoms with van der Waals surface area (Å²) in [6.07, 6.45) is 11.9. The maximum absolute atomic E-state index is 12.6. The number of hydrogen-bond acceptors (Lipinski definition) is 5. The molecular weight excluding hydrogens is 314 g/mol. The van der Waals surface area contributed by atoms with Crippen molar-refractivity contribution < 1.29 is 4.79 Å². The van der Waals surface area contributed by atoms with Crippen LogP contribution in [0.2, 0.25) is 0 Å². The third kappa shape index (κ3) is 3.21. The van der Waals surface area contributed by atoms with Gasteiger partial charge in [-0.15, -0.1) is 0 Å². The number of rotatable bonds is 3. The van der Waals surface area contributed by atoms with Crippen LogP contribution in [0.4, 0.5) is 5.95 Å². The lowest BCUT2D eigenvalue weighted by molar-refractivity contribution is -0.132. The van der Waals surface area contributed by atoms with Gasteiger partial charge >= 0.3 is 0 Å². The quantitative estimate of drug-likeness (QED) is 0.861. The highest BCUT2D eigenvalue weighted by atomic mass is 16.2. The molecule has 1 amide bonds. The molecule has 2 saturated heterocycles. The second-order valence-electron chi connectivity index (χ2n) is 6.95. The minimum atomic E-state index is -0.0313. The number of hydrogen-bond donors (Lipinski definition) is 0. The normalized spacial score (nSPS) is 23.9. The van der Waals surface area contributed by atoms with Crippen LogP contribution < -0.4 is 4.90 Å². The average Bonchev–Trinajstić information content (AvgIpc) is 2.84. The van der Waals surface area contributed by atoms with Crippen LogP contribution in [0.5, 0.6) is 0 Å². The molecule has 4 rings (SSSR count). The summed E-state index contributed by atoms with van der Waals surface area (Å²) in [4.78, 5) is 29.9.